The second kappa shape index (κ2) is 10.3. The molecule has 2 aliphatic heterocycles. The molecule has 0 bridgehead atoms. The van der Waals surface area contributed by atoms with E-state index >= 15 is 0 Å². The zero-order valence-electron chi connectivity index (χ0n) is 16.2. The summed E-state index contributed by atoms with van der Waals surface area (Å²) in [5.41, 5.74) is -0.770. The van der Waals surface area contributed by atoms with Crippen molar-refractivity contribution in [2.45, 2.75) is 36.2 Å². The minimum Gasteiger partial charge on any atom is -0.479 e. The summed E-state index contributed by atoms with van der Waals surface area (Å²) in [6.45, 7) is 1.08. The SMILES string of the molecule is O=C(Cc1ccccc1)N[C@@H]1C(=O)N([C@@H](Cl)C(=O)O)[C@@H]1SCC(=O)C1CCOCC1. The van der Waals surface area contributed by atoms with Crippen LogP contribution in [0, 0.1) is 5.92 Å². The number of carboxylic acid groups (broad SMARTS) is 1. The van der Waals surface area contributed by atoms with Crippen LogP contribution in [0.2, 0.25) is 0 Å². The van der Waals surface area contributed by atoms with E-state index in [1.165, 1.54) is 0 Å². The van der Waals surface area contributed by atoms with Crippen LogP contribution >= 0.6 is 23.4 Å². The van der Waals surface area contributed by atoms with Crippen LogP contribution in [-0.2, 0) is 30.3 Å². The summed E-state index contributed by atoms with van der Waals surface area (Å²) >= 11 is 7.01. The number of β-lactam (4-membered cyclic amide) rings is 1. The number of thioether (sulfide) groups is 1. The molecule has 0 aromatic heterocycles. The lowest BCUT2D eigenvalue weighted by molar-refractivity contribution is -0.157. The summed E-state index contributed by atoms with van der Waals surface area (Å²) in [7, 11) is 0. The van der Waals surface area contributed by atoms with Crippen LogP contribution in [0.5, 0.6) is 0 Å². The first-order valence-electron chi connectivity index (χ1n) is 9.63. The Morgan fingerprint density at radius 2 is 1.90 bits per heavy atom. The van der Waals surface area contributed by atoms with Crippen molar-refractivity contribution in [1.29, 1.82) is 0 Å². The van der Waals surface area contributed by atoms with Crippen molar-refractivity contribution in [2.75, 3.05) is 19.0 Å². The molecule has 2 saturated heterocycles. The normalized spacial score (nSPS) is 22.8. The fourth-order valence-electron chi connectivity index (χ4n) is 3.47. The predicted octanol–water partition coefficient (Wildman–Crippen LogP) is 1.26. The van der Waals surface area contributed by atoms with Gasteiger partial charge in [-0.25, -0.2) is 4.79 Å². The van der Waals surface area contributed by atoms with Gasteiger partial charge < -0.3 is 15.2 Å². The Bertz CT molecular complexity index is 802. The second-order valence-electron chi connectivity index (χ2n) is 7.18. The number of hydrogen-bond donors (Lipinski definition) is 2. The highest BCUT2D eigenvalue weighted by atomic mass is 35.5. The maximum atomic E-state index is 12.5. The van der Waals surface area contributed by atoms with E-state index in [2.05, 4.69) is 5.32 Å². The summed E-state index contributed by atoms with van der Waals surface area (Å²) in [5.74, 6) is -2.27. The van der Waals surface area contributed by atoms with Crippen molar-refractivity contribution in [2.24, 2.45) is 5.92 Å². The molecule has 8 nitrogen and oxygen atoms in total. The average molecular weight is 455 g/mol. The Hall–Kier alpha value is -2.10. The number of rotatable bonds is 9. The molecule has 2 fully saturated rings. The van der Waals surface area contributed by atoms with E-state index in [0.29, 0.717) is 26.1 Å². The van der Waals surface area contributed by atoms with E-state index in [9.17, 15) is 24.3 Å². The number of likely N-dealkylation sites (tertiary alicyclic amines) is 1. The van der Waals surface area contributed by atoms with E-state index in [0.717, 1.165) is 22.2 Å². The number of hydrogen-bond acceptors (Lipinski definition) is 6. The third-order valence-corrected chi connectivity index (χ3v) is 6.81. The molecule has 1 aromatic carbocycles. The van der Waals surface area contributed by atoms with Gasteiger partial charge in [-0.2, -0.15) is 0 Å². The van der Waals surface area contributed by atoms with Crippen molar-refractivity contribution in [3.05, 3.63) is 35.9 Å². The minimum absolute atomic E-state index is 0.0263. The number of carbonyl (C=O) groups is 4. The van der Waals surface area contributed by atoms with Crippen LogP contribution in [0.4, 0.5) is 0 Å². The number of benzene rings is 1. The fourth-order valence-corrected chi connectivity index (χ4v) is 5.08. The van der Waals surface area contributed by atoms with E-state index in [1.807, 2.05) is 18.2 Å². The number of alkyl halides is 1. The van der Waals surface area contributed by atoms with E-state index in [4.69, 9.17) is 16.3 Å². The standard InChI is InChI=1S/C20H23ClN2O6S/c21-17(20(27)28)23-18(26)16(22-15(25)10-12-4-2-1-3-5-12)19(23)30-11-14(24)13-6-8-29-9-7-13/h1-5,13,16-17,19H,6-11H2,(H,22,25)(H,27,28)/t16-,17-,19-/m1/s1. The highest BCUT2D eigenvalue weighted by Gasteiger charge is 2.53. The van der Waals surface area contributed by atoms with Gasteiger partial charge in [0.1, 0.15) is 17.2 Å². The van der Waals surface area contributed by atoms with Crippen molar-refractivity contribution in [3.63, 3.8) is 0 Å². The van der Waals surface area contributed by atoms with Crippen LogP contribution < -0.4 is 5.32 Å². The average Bonchev–Trinajstić information content (AvgIpc) is 2.75. The van der Waals surface area contributed by atoms with Crippen LogP contribution in [0.1, 0.15) is 18.4 Å². The topological polar surface area (TPSA) is 113 Å². The first-order chi connectivity index (χ1) is 14.4. The third kappa shape index (κ3) is 5.33. The van der Waals surface area contributed by atoms with Gasteiger partial charge >= 0.3 is 5.97 Å². The Kier molecular flexibility index (Phi) is 7.74. The number of amides is 2. The van der Waals surface area contributed by atoms with Gasteiger partial charge in [0.05, 0.1) is 12.2 Å². The van der Waals surface area contributed by atoms with Gasteiger partial charge in [0.15, 0.2) is 0 Å². The van der Waals surface area contributed by atoms with Crippen molar-refractivity contribution in [1.82, 2.24) is 10.2 Å². The summed E-state index contributed by atoms with van der Waals surface area (Å²) in [6, 6.07) is 8.13. The second-order valence-corrected chi connectivity index (χ2v) is 8.70. The largest absolute Gasteiger partial charge is 0.479 e. The molecular weight excluding hydrogens is 432 g/mol. The van der Waals surface area contributed by atoms with Gasteiger partial charge in [0.2, 0.25) is 11.4 Å². The van der Waals surface area contributed by atoms with Crippen LogP contribution in [0.25, 0.3) is 0 Å². The smallest absolute Gasteiger partial charge is 0.342 e. The van der Waals surface area contributed by atoms with E-state index in [1.54, 1.807) is 12.1 Å². The molecule has 2 heterocycles. The number of ether oxygens (including phenoxy) is 1. The third-order valence-electron chi connectivity index (χ3n) is 5.12. The lowest BCUT2D eigenvalue weighted by Gasteiger charge is -2.47. The number of nitrogens with zero attached hydrogens (tertiary/aromatic N) is 1. The number of carbonyl (C=O) groups excluding carboxylic acids is 3. The quantitative estimate of drug-likeness (QED) is 0.328. The first-order valence-corrected chi connectivity index (χ1v) is 11.1. The van der Waals surface area contributed by atoms with Gasteiger partial charge in [-0.15, -0.1) is 11.8 Å². The molecule has 2 N–H and O–H groups in total. The molecule has 162 valence electrons. The Morgan fingerprint density at radius 3 is 2.53 bits per heavy atom. The lowest BCUT2D eigenvalue weighted by Crippen LogP contribution is -2.72. The molecule has 0 saturated carbocycles. The van der Waals surface area contributed by atoms with Gasteiger partial charge in [-0.3, -0.25) is 19.3 Å². The summed E-state index contributed by atoms with van der Waals surface area (Å²) < 4.78 is 5.26. The Labute approximate surface area is 183 Å². The monoisotopic (exact) mass is 454 g/mol. The first kappa shape index (κ1) is 22.6. The van der Waals surface area contributed by atoms with Crippen molar-refractivity contribution >= 4 is 46.9 Å². The molecule has 3 rings (SSSR count). The highest BCUT2D eigenvalue weighted by molar-refractivity contribution is 8.00. The fraction of sp³-hybridized carbons (Fsp3) is 0.500. The molecule has 0 aliphatic carbocycles. The van der Waals surface area contributed by atoms with E-state index < -0.39 is 28.8 Å². The van der Waals surface area contributed by atoms with Gasteiger partial charge in [-0.1, -0.05) is 41.9 Å². The number of halogens is 1. The zero-order chi connectivity index (χ0) is 21.7. The number of Topliss-reactive ketones (excluding diaryl/α,β-unsaturated/α-hetero) is 1. The van der Waals surface area contributed by atoms with Gasteiger partial charge in [0.25, 0.3) is 5.91 Å². The molecule has 2 aliphatic rings. The van der Waals surface area contributed by atoms with Gasteiger partial charge in [-0.05, 0) is 18.4 Å². The number of aliphatic carboxylic acids is 1. The molecule has 2 amide bonds. The minimum atomic E-state index is -1.56. The van der Waals surface area contributed by atoms with Crippen molar-refractivity contribution < 1.29 is 29.0 Å². The molecule has 30 heavy (non-hydrogen) atoms. The lowest BCUT2D eigenvalue weighted by atomic mass is 9.96. The van der Waals surface area contributed by atoms with Gasteiger partial charge in [0, 0.05) is 19.1 Å². The summed E-state index contributed by atoms with van der Waals surface area (Å²) in [5, 5.41) is 11.1. The Balaban J connectivity index is 1.62. The molecule has 0 unspecified atom stereocenters. The predicted molar refractivity (Wildman–Crippen MR) is 111 cm³/mol. The molecule has 1 aromatic rings. The maximum Gasteiger partial charge on any atom is 0.342 e. The molecule has 3 atom stereocenters. The van der Waals surface area contributed by atoms with Crippen LogP contribution in [-0.4, -0.2) is 69.5 Å². The Morgan fingerprint density at radius 1 is 1.23 bits per heavy atom. The highest BCUT2D eigenvalue weighted by Crippen LogP contribution is 2.34. The van der Waals surface area contributed by atoms with Crippen LogP contribution in [0.3, 0.4) is 0 Å². The van der Waals surface area contributed by atoms with Crippen LogP contribution in [0.15, 0.2) is 30.3 Å². The number of carboxylic acids is 1. The molecule has 0 spiro atoms. The summed E-state index contributed by atoms with van der Waals surface area (Å²) in [6.07, 6.45) is 1.39. The zero-order valence-corrected chi connectivity index (χ0v) is 17.7. The van der Waals surface area contributed by atoms with E-state index in [-0.39, 0.29) is 29.8 Å². The molecule has 10 heteroatoms. The van der Waals surface area contributed by atoms with Crippen molar-refractivity contribution in [3.8, 4) is 0 Å². The molecule has 0 radical (unpaired) electrons. The molecular formula is C20H23ClN2O6S. The number of nitrogens with one attached hydrogen (secondary N) is 1. The maximum absolute atomic E-state index is 12.5. The number of ketones is 1. The summed E-state index contributed by atoms with van der Waals surface area (Å²) in [4.78, 5) is 49.6.